The summed E-state index contributed by atoms with van der Waals surface area (Å²) in [5, 5.41) is 10.7. The Kier molecular flexibility index (Phi) is 4.47. The second-order valence-corrected chi connectivity index (χ2v) is 7.02. The van der Waals surface area contributed by atoms with Gasteiger partial charge < -0.3 is 5.32 Å². The molecule has 9 heteroatoms. The van der Waals surface area contributed by atoms with Crippen molar-refractivity contribution < 1.29 is 9.18 Å². The summed E-state index contributed by atoms with van der Waals surface area (Å²) in [5.41, 5.74) is 3.51. The van der Waals surface area contributed by atoms with E-state index in [0.717, 1.165) is 16.8 Å². The molecule has 1 N–H and O–H groups in total. The number of hydrogen-bond acceptors (Lipinski definition) is 5. The van der Waals surface area contributed by atoms with Gasteiger partial charge in [-0.2, -0.15) is 0 Å². The zero-order valence-corrected chi connectivity index (χ0v) is 16.4. The van der Waals surface area contributed by atoms with Crippen LogP contribution in [0.4, 0.5) is 10.1 Å². The lowest BCUT2D eigenvalue weighted by Crippen LogP contribution is -2.12. The highest BCUT2D eigenvalue weighted by atomic mass is 19.1. The monoisotopic (exact) mass is 413 g/mol. The molecule has 0 aliphatic rings. The normalized spacial score (nSPS) is 11.0. The van der Waals surface area contributed by atoms with Gasteiger partial charge in [0.1, 0.15) is 5.82 Å². The Morgan fingerprint density at radius 3 is 2.84 bits per heavy atom. The summed E-state index contributed by atoms with van der Waals surface area (Å²) in [6, 6.07) is 13.7. The highest BCUT2D eigenvalue weighted by Gasteiger charge is 2.13. The van der Waals surface area contributed by atoms with Crippen molar-refractivity contribution in [1.29, 1.82) is 0 Å². The minimum atomic E-state index is -0.423. The number of benzene rings is 2. The third-order valence-corrected chi connectivity index (χ3v) is 4.67. The zero-order chi connectivity index (χ0) is 21.4. The fourth-order valence-electron chi connectivity index (χ4n) is 3.26. The Morgan fingerprint density at radius 1 is 1.10 bits per heavy atom. The quantitative estimate of drug-likeness (QED) is 0.485. The second-order valence-electron chi connectivity index (χ2n) is 7.02. The minimum absolute atomic E-state index is 0.115. The molecule has 0 fully saturated rings. The van der Waals surface area contributed by atoms with Crippen molar-refractivity contribution in [3.05, 3.63) is 90.4 Å². The van der Waals surface area contributed by atoms with Crippen LogP contribution in [-0.2, 0) is 0 Å². The van der Waals surface area contributed by atoms with Crippen LogP contribution in [-0.4, -0.2) is 35.3 Å². The van der Waals surface area contributed by atoms with Crippen molar-refractivity contribution >= 4 is 17.4 Å². The van der Waals surface area contributed by atoms with E-state index in [-0.39, 0.29) is 11.5 Å². The van der Waals surface area contributed by atoms with Crippen molar-refractivity contribution in [2.45, 2.75) is 6.92 Å². The first-order chi connectivity index (χ1) is 15.0. The van der Waals surface area contributed by atoms with Crippen LogP contribution in [0.1, 0.15) is 16.1 Å². The number of nitrogens with zero attached hydrogens (tertiary/aromatic N) is 6. The van der Waals surface area contributed by atoms with E-state index < -0.39 is 5.91 Å². The summed E-state index contributed by atoms with van der Waals surface area (Å²) in [4.78, 5) is 21.4. The number of imidazole rings is 1. The van der Waals surface area contributed by atoms with Crippen LogP contribution in [0.5, 0.6) is 0 Å². The van der Waals surface area contributed by atoms with Crippen molar-refractivity contribution in [2.75, 3.05) is 5.32 Å². The summed E-state index contributed by atoms with van der Waals surface area (Å²) in [5.74, 6) is -0.209. The second kappa shape index (κ2) is 7.45. The first kappa shape index (κ1) is 18.6. The number of aromatic nitrogens is 6. The summed E-state index contributed by atoms with van der Waals surface area (Å²) in [7, 11) is 0. The Bertz CT molecular complexity index is 1370. The van der Waals surface area contributed by atoms with Crippen LogP contribution in [0.3, 0.4) is 0 Å². The molecule has 5 aromatic rings. The summed E-state index contributed by atoms with van der Waals surface area (Å²) in [6.07, 6.45) is 6.88. The summed E-state index contributed by atoms with van der Waals surface area (Å²) >= 11 is 0. The molecule has 0 atom stereocenters. The maximum Gasteiger partial charge on any atom is 0.277 e. The molecule has 0 aliphatic heterocycles. The van der Waals surface area contributed by atoms with Crippen LogP contribution in [0, 0.1) is 12.7 Å². The van der Waals surface area contributed by atoms with Gasteiger partial charge in [0.25, 0.3) is 5.91 Å². The van der Waals surface area contributed by atoms with E-state index in [0.29, 0.717) is 17.2 Å². The molecule has 0 saturated carbocycles. The average molecular weight is 413 g/mol. The molecule has 5 rings (SSSR count). The number of carbonyl (C=O) groups excluding carboxylic acids is 1. The largest absolute Gasteiger partial charge is 0.321 e. The molecular formula is C22H16FN7O. The number of anilines is 1. The summed E-state index contributed by atoms with van der Waals surface area (Å²) < 4.78 is 16.9. The molecule has 1 amide bonds. The lowest BCUT2D eigenvalue weighted by molar-refractivity contribution is 0.102. The van der Waals surface area contributed by atoms with Gasteiger partial charge in [0.15, 0.2) is 5.69 Å². The smallest absolute Gasteiger partial charge is 0.277 e. The lowest BCUT2D eigenvalue weighted by Gasteiger charge is -2.05. The molecule has 152 valence electrons. The molecule has 8 nitrogen and oxygen atoms in total. The Labute approximate surface area is 176 Å². The van der Waals surface area contributed by atoms with Crippen LogP contribution >= 0.6 is 0 Å². The third-order valence-electron chi connectivity index (χ3n) is 4.67. The van der Waals surface area contributed by atoms with E-state index in [2.05, 4.69) is 25.6 Å². The molecule has 3 aromatic heterocycles. The fraction of sp³-hybridized carbons (Fsp3) is 0.0455. The summed E-state index contributed by atoms with van der Waals surface area (Å²) in [6.45, 7) is 1.78. The molecule has 0 aliphatic carbocycles. The topological polar surface area (TPSA) is 90.0 Å². The number of aryl methyl sites for hydroxylation is 1. The van der Waals surface area contributed by atoms with Gasteiger partial charge in [0.05, 0.1) is 17.6 Å². The predicted molar refractivity (Wildman–Crippen MR) is 112 cm³/mol. The number of hydrogen-bond donors (Lipinski definition) is 1. The number of halogens is 1. The Balaban J connectivity index is 1.37. The maximum absolute atomic E-state index is 13.7. The van der Waals surface area contributed by atoms with Gasteiger partial charge in [0.2, 0.25) is 5.78 Å². The van der Waals surface area contributed by atoms with E-state index >= 15 is 0 Å². The SMILES string of the molecule is Cc1cc(F)cc(-n2cc(C(=O)Nc3cccc(-c4cn5cccnc5n4)c3)nn2)c1. The van der Waals surface area contributed by atoms with Crippen LogP contribution < -0.4 is 5.32 Å². The highest BCUT2D eigenvalue weighted by molar-refractivity contribution is 6.02. The number of nitrogens with one attached hydrogen (secondary N) is 1. The van der Waals surface area contributed by atoms with Gasteiger partial charge in [-0.05, 0) is 48.9 Å². The van der Waals surface area contributed by atoms with E-state index in [1.807, 2.05) is 41.1 Å². The number of carbonyl (C=O) groups is 1. The van der Waals surface area contributed by atoms with Gasteiger partial charge in [-0.3, -0.25) is 9.20 Å². The van der Waals surface area contributed by atoms with Gasteiger partial charge in [-0.1, -0.05) is 17.3 Å². The van der Waals surface area contributed by atoms with E-state index in [1.54, 1.807) is 25.3 Å². The maximum atomic E-state index is 13.7. The van der Waals surface area contributed by atoms with Crippen LogP contribution in [0.15, 0.2) is 73.3 Å². The average Bonchev–Trinajstić information content (AvgIpc) is 3.41. The van der Waals surface area contributed by atoms with Crippen molar-refractivity contribution in [3.63, 3.8) is 0 Å². The lowest BCUT2D eigenvalue weighted by atomic mass is 10.1. The number of rotatable bonds is 4. The minimum Gasteiger partial charge on any atom is -0.321 e. The Hall–Kier alpha value is -4.40. The molecule has 0 saturated heterocycles. The van der Waals surface area contributed by atoms with Gasteiger partial charge in [0, 0.05) is 29.8 Å². The molecular weight excluding hydrogens is 397 g/mol. The van der Waals surface area contributed by atoms with E-state index in [4.69, 9.17) is 0 Å². The third kappa shape index (κ3) is 3.76. The highest BCUT2D eigenvalue weighted by Crippen LogP contribution is 2.22. The molecule has 0 spiro atoms. The van der Waals surface area contributed by atoms with E-state index in [1.165, 1.54) is 23.0 Å². The van der Waals surface area contributed by atoms with Gasteiger partial charge >= 0.3 is 0 Å². The zero-order valence-electron chi connectivity index (χ0n) is 16.4. The van der Waals surface area contributed by atoms with E-state index in [9.17, 15) is 9.18 Å². The van der Waals surface area contributed by atoms with Gasteiger partial charge in [-0.25, -0.2) is 19.0 Å². The van der Waals surface area contributed by atoms with Crippen molar-refractivity contribution in [1.82, 2.24) is 29.4 Å². The molecule has 0 bridgehead atoms. The molecule has 0 radical (unpaired) electrons. The first-order valence-electron chi connectivity index (χ1n) is 9.46. The molecule has 2 aromatic carbocycles. The first-order valence-corrected chi connectivity index (χ1v) is 9.46. The van der Waals surface area contributed by atoms with Gasteiger partial charge in [-0.15, -0.1) is 5.10 Å². The molecule has 31 heavy (non-hydrogen) atoms. The molecule has 0 unspecified atom stereocenters. The number of fused-ring (bicyclic) bond motifs is 1. The van der Waals surface area contributed by atoms with Crippen molar-refractivity contribution in [3.8, 4) is 16.9 Å². The molecule has 3 heterocycles. The van der Waals surface area contributed by atoms with Crippen LogP contribution in [0.2, 0.25) is 0 Å². The van der Waals surface area contributed by atoms with Crippen LogP contribution in [0.25, 0.3) is 22.7 Å². The standard InChI is InChI=1S/C22H16FN7O/c1-14-8-16(23)11-18(9-14)30-13-20(27-28-30)21(31)25-17-5-2-4-15(10-17)19-12-29-7-3-6-24-22(29)26-19/h2-13H,1H3,(H,25,31). The van der Waals surface area contributed by atoms with Crippen molar-refractivity contribution in [2.24, 2.45) is 0 Å². The number of amides is 1. The Morgan fingerprint density at radius 2 is 2.00 bits per heavy atom. The predicted octanol–water partition coefficient (Wildman–Crippen LogP) is 3.68. The fourth-order valence-corrected chi connectivity index (χ4v) is 3.26.